The van der Waals surface area contributed by atoms with Crippen LogP contribution in [0.5, 0.6) is 0 Å². The summed E-state index contributed by atoms with van der Waals surface area (Å²) in [6, 6.07) is 2.20. The first kappa shape index (κ1) is 12.4. The van der Waals surface area contributed by atoms with Crippen LogP contribution in [0.25, 0.3) is 0 Å². The van der Waals surface area contributed by atoms with Crippen molar-refractivity contribution in [2.45, 2.75) is 12.3 Å². The van der Waals surface area contributed by atoms with Crippen LogP contribution >= 0.6 is 12.6 Å². The summed E-state index contributed by atoms with van der Waals surface area (Å²) in [6.45, 7) is 4.32. The minimum Gasteiger partial charge on any atom is -0.379 e. The van der Waals surface area contributed by atoms with Crippen LogP contribution in [0.3, 0.4) is 0 Å². The third kappa shape index (κ3) is 2.32. The molecule has 2 aliphatic rings. The van der Waals surface area contributed by atoms with Crippen LogP contribution in [0.1, 0.15) is 6.92 Å². The van der Waals surface area contributed by atoms with Crippen molar-refractivity contribution in [2.24, 2.45) is 5.92 Å². The van der Waals surface area contributed by atoms with E-state index in [9.17, 15) is 4.79 Å². The fourth-order valence-corrected chi connectivity index (χ4v) is 2.66. The predicted octanol–water partition coefficient (Wildman–Crippen LogP) is 0.418. The van der Waals surface area contributed by atoms with E-state index in [-0.39, 0.29) is 11.8 Å². The van der Waals surface area contributed by atoms with Gasteiger partial charge in [-0.25, -0.2) is 5.01 Å². The highest BCUT2D eigenvalue weighted by Crippen LogP contribution is 2.28. The number of rotatable bonds is 1. The van der Waals surface area contributed by atoms with Crippen molar-refractivity contribution in [1.82, 2.24) is 10.0 Å². The Kier molecular flexibility index (Phi) is 3.72. The van der Waals surface area contributed by atoms with E-state index in [1.165, 1.54) is 6.08 Å². The van der Waals surface area contributed by atoms with Crippen molar-refractivity contribution in [1.29, 1.82) is 5.26 Å². The summed E-state index contributed by atoms with van der Waals surface area (Å²) in [5.74, 6) is -0.449. The highest BCUT2D eigenvalue weighted by molar-refractivity contribution is 7.80. The predicted molar refractivity (Wildman–Crippen MR) is 64.9 cm³/mol. The SMILES string of the molecule is CC1=CC(=O)N(N2CCOCC2)C(S)C1C#N. The summed E-state index contributed by atoms with van der Waals surface area (Å²) in [4.78, 5) is 12.0. The fourth-order valence-electron chi connectivity index (χ4n) is 2.10. The summed E-state index contributed by atoms with van der Waals surface area (Å²) in [7, 11) is 0. The van der Waals surface area contributed by atoms with E-state index in [1.807, 2.05) is 5.01 Å². The Hall–Kier alpha value is -1.03. The van der Waals surface area contributed by atoms with Gasteiger partial charge in [0.2, 0.25) is 0 Å². The van der Waals surface area contributed by atoms with Gasteiger partial charge in [0, 0.05) is 19.2 Å². The van der Waals surface area contributed by atoms with Crippen molar-refractivity contribution in [3.05, 3.63) is 11.6 Å². The van der Waals surface area contributed by atoms with E-state index < -0.39 is 5.37 Å². The number of morpholine rings is 1. The first-order valence-electron chi connectivity index (χ1n) is 5.57. The number of carbonyl (C=O) groups excluding carboxylic acids is 1. The van der Waals surface area contributed by atoms with Gasteiger partial charge in [-0.1, -0.05) is 0 Å². The average molecular weight is 253 g/mol. The molecule has 0 aromatic rings. The van der Waals surface area contributed by atoms with Gasteiger partial charge in [0.05, 0.1) is 25.2 Å². The van der Waals surface area contributed by atoms with Gasteiger partial charge < -0.3 is 4.74 Å². The lowest BCUT2D eigenvalue weighted by Crippen LogP contribution is -2.57. The van der Waals surface area contributed by atoms with Crippen molar-refractivity contribution >= 4 is 18.5 Å². The quantitative estimate of drug-likeness (QED) is 0.688. The van der Waals surface area contributed by atoms with Crippen LogP contribution in [0.2, 0.25) is 0 Å². The maximum atomic E-state index is 12.0. The van der Waals surface area contributed by atoms with Gasteiger partial charge >= 0.3 is 0 Å². The third-order valence-electron chi connectivity index (χ3n) is 3.05. The highest BCUT2D eigenvalue weighted by Gasteiger charge is 2.37. The molecule has 0 radical (unpaired) electrons. The molecular formula is C11H15N3O2S. The number of thiol groups is 1. The van der Waals surface area contributed by atoms with Crippen molar-refractivity contribution < 1.29 is 9.53 Å². The molecule has 0 bridgehead atoms. The van der Waals surface area contributed by atoms with E-state index in [0.29, 0.717) is 26.3 Å². The number of ether oxygens (including phenoxy) is 1. The Bertz CT molecular complexity index is 385. The molecule has 5 nitrogen and oxygen atoms in total. The van der Waals surface area contributed by atoms with Crippen LogP contribution in [-0.4, -0.2) is 47.6 Å². The standard InChI is InChI=1S/C11H15N3O2S/c1-8-6-10(15)14(11(17)9(8)7-12)13-2-4-16-5-3-13/h6,9,11,17H,2-5H2,1H3. The molecule has 2 aliphatic heterocycles. The van der Waals surface area contributed by atoms with Crippen LogP contribution < -0.4 is 0 Å². The molecule has 1 amide bonds. The average Bonchev–Trinajstić information content (AvgIpc) is 2.30. The van der Waals surface area contributed by atoms with E-state index in [1.54, 1.807) is 11.9 Å². The number of hydrogen-bond acceptors (Lipinski definition) is 5. The molecule has 2 rings (SSSR count). The lowest BCUT2D eigenvalue weighted by molar-refractivity contribution is -0.156. The largest absolute Gasteiger partial charge is 0.379 e. The topological polar surface area (TPSA) is 56.6 Å². The molecule has 0 aromatic carbocycles. The molecule has 0 aromatic heterocycles. The second-order valence-electron chi connectivity index (χ2n) is 4.16. The van der Waals surface area contributed by atoms with Crippen molar-refractivity contribution in [3.8, 4) is 6.07 Å². The summed E-state index contributed by atoms with van der Waals surface area (Å²) >= 11 is 4.42. The second-order valence-corrected chi connectivity index (χ2v) is 4.69. The Morgan fingerprint density at radius 3 is 2.76 bits per heavy atom. The molecule has 1 fully saturated rings. The van der Waals surface area contributed by atoms with E-state index in [0.717, 1.165) is 5.57 Å². The number of carbonyl (C=O) groups is 1. The summed E-state index contributed by atoms with van der Waals surface area (Å²) in [6.07, 6.45) is 1.52. The Labute approximate surface area is 106 Å². The molecular weight excluding hydrogens is 238 g/mol. The second kappa shape index (κ2) is 5.08. The Morgan fingerprint density at radius 1 is 1.53 bits per heavy atom. The first-order valence-corrected chi connectivity index (χ1v) is 6.08. The van der Waals surface area contributed by atoms with Gasteiger partial charge in [-0.15, -0.1) is 0 Å². The van der Waals surface area contributed by atoms with Crippen LogP contribution in [0.4, 0.5) is 0 Å². The summed E-state index contributed by atoms with van der Waals surface area (Å²) in [5, 5.41) is 12.2. The number of nitriles is 1. The lowest BCUT2D eigenvalue weighted by Gasteiger charge is -2.43. The van der Waals surface area contributed by atoms with E-state index in [2.05, 4.69) is 18.7 Å². The number of hydrazine groups is 1. The molecule has 2 heterocycles. The Morgan fingerprint density at radius 2 is 2.18 bits per heavy atom. The zero-order valence-electron chi connectivity index (χ0n) is 9.67. The first-order chi connectivity index (χ1) is 8.15. The molecule has 2 atom stereocenters. The van der Waals surface area contributed by atoms with Crippen LogP contribution in [-0.2, 0) is 9.53 Å². The maximum Gasteiger partial charge on any atom is 0.261 e. The van der Waals surface area contributed by atoms with Crippen LogP contribution in [0.15, 0.2) is 11.6 Å². The molecule has 92 valence electrons. The number of hydrogen-bond donors (Lipinski definition) is 1. The highest BCUT2D eigenvalue weighted by atomic mass is 32.1. The molecule has 2 unspecified atom stereocenters. The zero-order chi connectivity index (χ0) is 12.4. The molecule has 0 spiro atoms. The summed E-state index contributed by atoms with van der Waals surface area (Å²) < 4.78 is 5.25. The van der Waals surface area contributed by atoms with Gasteiger partial charge in [-0.3, -0.25) is 9.80 Å². The van der Waals surface area contributed by atoms with Crippen molar-refractivity contribution in [2.75, 3.05) is 26.3 Å². The number of amides is 1. The smallest absolute Gasteiger partial charge is 0.261 e. The van der Waals surface area contributed by atoms with Gasteiger partial charge in [0.25, 0.3) is 5.91 Å². The minimum atomic E-state index is -0.407. The van der Waals surface area contributed by atoms with Crippen LogP contribution in [0, 0.1) is 17.2 Å². The van der Waals surface area contributed by atoms with Gasteiger partial charge in [-0.2, -0.15) is 17.9 Å². The molecule has 0 aliphatic carbocycles. The van der Waals surface area contributed by atoms with Gasteiger partial charge in [0.15, 0.2) is 0 Å². The van der Waals surface area contributed by atoms with E-state index in [4.69, 9.17) is 10.00 Å². The molecule has 0 saturated carbocycles. The van der Waals surface area contributed by atoms with E-state index >= 15 is 0 Å². The van der Waals surface area contributed by atoms with Gasteiger partial charge in [-0.05, 0) is 12.5 Å². The zero-order valence-corrected chi connectivity index (χ0v) is 10.6. The molecule has 1 saturated heterocycles. The Balaban J connectivity index is 2.22. The summed E-state index contributed by atoms with van der Waals surface area (Å²) in [5.41, 5.74) is 0.780. The molecule has 6 heteroatoms. The molecule has 17 heavy (non-hydrogen) atoms. The minimum absolute atomic E-state index is 0.101. The third-order valence-corrected chi connectivity index (χ3v) is 3.56. The van der Waals surface area contributed by atoms with Crippen molar-refractivity contribution in [3.63, 3.8) is 0 Å². The fraction of sp³-hybridized carbons (Fsp3) is 0.636. The molecule has 0 N–H and O–H groups in total. The maximum absolute atomic E-state index is 12.0. The monoisotopic (exact) mass is 253 g/mol. The van der Waals surface area contributed by atoms with Gasteiger partial charge in [0.1, 0.15) is 5.37 Å². The normalized spacial score (nSPS) is 31.0. The number of nitrogens with zero attached hydrogens (tertiary/aromatic N) is 3. The lowest BCUT2D eigenvalue weighted by atomic mass is 9.98.